The van der Waals surface area contributed by atoms with E-state index in [9.17, 15) is 9.59 Å². The molecular weight excluding hydrogens is 266 g/mol. The van der Waals surface area contributed by atoms with E-state index >= 15 is 0 Å². The summed E-state index contributed by atoms with van der Waals surface area (Å²) >= 11 is 0. The van der Waals surface area contributed by atoms with Crippen molar-refractivity contribution < 1.29 is 9.59 Å². The van der Waals surface area contributed by atoms with Crippen LogP contribution in [0.4, 0.5) is 0 Å². The van der Waals surface area contributed by atoms with Gasteiger partial charge < -0.3 is 16.0 Å². The van der Waals surface area contributed by atoms with Gasteiger partial charge in [-0.05, 0) is 51.0 Å². The number of carbonyl (C=O) groups is 2. The summed E-state index contributed by atoms with van der Waals surface area (Å²) in [5.41, 5.74) is 5.52. The number of rotatable bonds is 7. The molecule has 3 N–H and O–H groups in total. The highest BCUT2D eigenvalue weighted by Crippen LogP contribution is 2.31. The van der Waals surface area contributed by atoms with Gasteiger partial charge in [-0.3, -0.25) is 9.59 Å². The van der Waals surface area contributed by atoms with Crippen molar-refractivity contribution in [1.29, 1.82) is 0 Å². The monoisotopic (exact) mass is 295 g/mol. The number of likely N-dealkylation sites (tertiary alicyclic amines) is 1. The molecule has 0 aromatic heterocycles. The third-order valence-electron chi connectivity index (χ3n) is 4.62. The predicted octanol–water partition coefficient (Wildman–Crippen LogP) is 1.27. The molecule has 2 fully saturated rings. The standard InChI is InChI=1S/C16H29N3O2/c1-12(6-9-17)2-5-15(20)18-14-7-10-19(11-8-14)16(21)13-3-4-13/h12-14H,2-11,17H2,1H3,(H,18,20). The molecule has 1 heterocycles. The number of carbonyl (C=O) groups excluding carboxylic acids is 2. The second-order valence-electron chi connectivity index (χ2n) is 6.66. The molecule has 1 saturated carbocycles. The van der Waals surface area contributed by atoms with Crippen LogP contribution in [0.15, 0.2) is 0 Å². The van der Waals surface area contributed by atoms with Gasteiger partial charge >= 0.3 is 0 Å². The van der Waals surface area contributed by atoms with Gasteiger partial charge in [0.1, 0.15) is 0 Å². The minimum Gasteiger partial charge on any atom is -0.353 e. The van der Waals surface area contributed by atoms with Gasteiger partial charge in [0.05, 0.1) is 0 Å². The molecule has 120 valence electrons. The van der Waals surface area contributed by atoms with Gasteiger partial charge in [-0.1, -0.05) is 6.92 Å². The van der Waals surface area contributed by atoms with E-state index in [1.54, 1.807) is 0 Å². The molecule has 5 heteroatoms. The molecule has 2 rings (SSSR count). The van der Waals surface area contributed by atoms with Crippen molar-refractivity contribution >= 4 is 11.8 Å². The Morgan fingerprint density at radius 3 is 2.43 bits per heavy atom. The van der Waals surface area contributed by atoms with Crippen LogP contribution in [0.1, 0.15) is 51.9 Å². The van der Waals surface area contributed by atoms with E-state index in [0.29, 0.717) is 30.7 Å². The Hall–Kier alpha value is -1.10. The van der Waals surface area contributed by atoms with E-state index in [0.717, 1.165) is 51.6 Å². The first-order valence-corrected chi connectivity index (χ1v) is 8.38. The molecule has 2 amide bonds. The van der Waals surface area contributed by atoms with Crippen LogP contribution < -0.4 is 11.1 Å². The normalized spacial score (nSPS) is 21.1. The van der Waals surface area contributed by atoms with Crippen LogP contribution in [-0.2, 0) is 9.59 Å². The Labute approximate surface area is 127 Å². The zero-order valence-electron chi connectivity index (χ0n) is 13.1. The molecule has 0 spiro atoms. The molecule has 0 bridgehead atoms. The van der Waals surface area contributed by atoms with Gasteiger partial charge in [0.15, 0.2) is 0 Å². The van der Waals surface area contributed by atoms with E-state index in [2.05, 4.69) is 12.2 Å². The SMILES string of the molecule is CC(CCN)CCC(=O)NC1CCN(C(=O)C2CC2)CC1. The Balaban J connectivity index is 1.61. The largest absolute Gasteiger partial charge is 0.353 e. The van der Waals surface area contributed by atoms with Gasteiger partial charge in [-0.15, -0.1) is 0 Å². The third kappa shape index (κ3) is 5.30. The second kappa shape index (κ2) is 7.78. The van der Waals surface area contributed by atoms with Crippen LogP contribution in [0.3, 0.4) is 0 Å². The number of hydrogen-bond acceptors (Lipinski definition) is 3. The fourth-order valence-corrected chi connectivity index (χ4v) is 2.94. The lowest BCUT2D eigenvalue weighted by Crippen LogP contribution is -2.47. The van der Waals surface area contributed by atoms with E-state index in [-0.39, 0.29) is 11.9 Å². The van der Waals surface area contributed by atoms with Crippen LogP contribution in [-0.4, -0.2) is 42.4 Å². The fourth-order valence-electron chi connectivity index (χ4n) is 2.94. The number of hydrogen-bond donors (Lipinski definition) is 2. The smallest absolute Gasteiger partial charge is 0.225 e. The van der Waals surface area contributed by atoms with E-state index < -0.39 is 0 Å². The minimum atomic E-state index is 0.144. The highest BCUT2D eigenvalue weighted by atomic mass is 16.2. The summed E-state index contributed by atoms with van der Waals surface area (Å²) in [6.07, 6.45) is 6.39. The molecule has 1 atom stereocenters. The van der Waals surface area contributed by atoms with Gasteiger partial charge in [0.2, 0.25) is 11.8 Å². The Morgan fingerprint density at radius 2 is 1.86 bits per heavy atom. The van der Waals surface area contributed by atoms with Crippen LogP contribution in [0.25, 0.3) is 0 Å². The maximum atomic E-state index is 12.0. The lowest BCUT2D eigenvalue weighted by Gasteiger charge is -2.32. The Bertz CT molecular complexity index is 361. The van der Waals surface area contributed by atoms with Crippen LogP contribution in [0, 0.1) is 11.8 Å². The third-order valence-corrected chi connectivity index (χ3v) is 4.62. The molecule has 0 radical (unpaired) electrons. The molecule has 5 nitrogen and oxygen atoms in total. The summed E-state index contributed by atoms with van der Waals surface area (Å²) in [5, 5.41) is 3.11. The van der Waals surface area contributed by atoms with Crippen LogP contribution >= 0.6 is 0 Å². The van der Waals surface area contributed by atoms with Crippen LogP contribution in [0.2, 0.25) is 0 Å². The first kappa shape index (κ1) is 16.3. The molecule has 21 heavy (non-hydrogen) atoms. The molecule has 1 aliphatic carbocycles. The summed E-state index contributed by atoms with van der Waals surface area (Å²) in [6.45, 7) is 4.42. The summed E-state index contributed by atoms with van der Waals surface area (Å²) in [5.74, 6) is 1.29. The number of nitrogens with two attached hydrogens (primary N) is 1. The topological polar surface area (TPSA) is 75.4 Å². The zero-order valence-corrected chi connectivity index (χ0v) is 13.1. The first-order chi connectivity index (χ1) is 10.1. The number of piperidine rings is 1. The average molecular weight is 295 g/mol. The first-order valence-electron chi connectivity index (χ1n) is 8.38. The minimum absolute atomic E-state index is 0.144. The fraction of sp³-hybridized carbons (Fsp3) is 0.875. The number of amides is 2. The molecule has 1 unspecified atom stereocenters. The van der Waals surface area contributed by atoms with Crippen molar-refractivity contribution in [2.24, 2.45) is 17.6 Å². The molecule has 1 aliphatic heterocycles. The average Bonchev–Trinajstić information content (AvgIpc) is 3.30. The maximum Gasteiger partial charge on any atom is 0.225 e. The number of nitrogens with zero attached hydrogens (tertiary/aromatic N) is 1. The van der Waals surface area contributed by atoms with Crippen molar-refractivity contribution in [3.8, 4) is 0 Å². The quantitative estimate of drug-likeness (QED) is 0.742. The summed E-state index contributed by atoms with van der Waals surface area (Å²) in [6, 6.07) is 0.241. The van der Waals surface area contributed by atoms with Crippen molar-refractivity contribution in [2.45, 2.75) is 57.9 Å². The van der Waals surface area contributed by atoms with Crippen molar-refractivity contribution in [1.82, 2.24) is 10.2 Å². The molecular formula is C16H29N3O2. The van der Waals surface area contributed by atoms with Gasteiger partial charge in [-0.25, -0.2) is 0 Å². The highest BCUT2D eigenvalue weighted by Gasteiger charge is 2.35. The van der Waals surface area contributed by atoms with Gasteiger partial charge in [0.25, 0.3) is 0 Å². The molecule has 1 saturated heterocycles. The molecule has 2 aliphatic rings. The lowest BCUT2D eigenvalue weighted by atomic mass is 10.0. The Kier molecular flexibility index (Phi) is 6.03. The molecule has 0 aromatic rings. The molecule has 0 aromatic carbocycles. The van der Waals surface area contributed by atoms with E-state index in [1.807, 2.05) is 4.90 Å². The van der Waals surface area contributed by atoms with Crippen molar-refractivity contribution in [3.63, 3.8) is 0 Å². The van der Waals surface area contributed by atoms with E-state index in [1.165, 1.54) is 0 Å². The lowest BCUT2D eigenvalue weighted by molar-refractivity contribution is -0.133. The van der Waals surface area contributed by atoms with E-state index in [4.69, 9.17) is 5.73 Å². The summed E-state index contributed by atoms with van der Waals surface area (Å²) in [7, 11) is 0. The number of nitrogens with one attached hydrogen (secondary N) is 1. The van der Waals surface area contributed by atoms with Gasteiger partial charge in [-0.2, -0.15) is 0 Å². The predicted molar refractivity (Wildman–Crippen MR) is 82.5 cm³/mol. The van der Waals surface area contributed by atoms with Crippen molar-refractivity contribution in [2.75, 3.05) is 19.6 Å². The summed E-state index contributed by atoms with van der Waals surface area (Å²) < 4.78 is 0. The van der Waals surface area contributed by atoms with Crippen LogP contribution in [0.5, 0.6) is 0 Å². The van der Waals surface area contributed by atoms with Gasteiger partial charge in [0, 0.05) is 31.5 Å². The maximum absolute atomic E-state index is 12.0. The zero-order chi connectivity index (χ0) is 15.2. The summed E-state index contributed by atoms with van der Waals surface area (Å²) in [4.78, 5) is 25.9. The van der Waals surface area contributed by atoms with Crippen molar-refractivity contribution in [3.05, 3.63) is 0 Å². The second-order valence-corrected chi connectivity index (χ2v) is 6.66. The highest BCUT2D eigenvalue weighted by molar-refractivity contribution is 5.81. The Morgan fingerprint density at radius 1 is 1.19 bits per heavy atom.